The summed E-state index contributed by atoms with van der Waals surface area (Å²) in [7, 11) is -4.41. The second-order valence-corrected chi connectivity index (χ2v) is 24.1. The van der Waals surface area contributed by atoms with Gasteiger partial charge in [0.1, 0.15) is 6.61 Å². The fraction of sp³-hybridized carbons (Fsp3) is 0.595. The van der Waals surface area contributed by atoms with Crippen LogP contribution >= 0.6 is 7.82 Å². The standard InChI is InChI=1S/C79H128NO8P/c1-3-5-7-9-11-13-15-17-19-21-23-25-27-29-31-33-35-37-38-40-41-43-45-47-49-51-53-55-57-59-61-63-65-67-69-71-78(81)85-75-77(76-87-89(83,84)86-74-73-80)88-79(82)72-70-68-66-64-62-60-58-56-54-52-50-48-46-44-42-39-36-34-32-30-28-26-24-22-20-18-16-14-12-10-8-6-4-2/h5-8,11-14,17-20,23-26,29-32,35-37,39-41,44,46,50,52,77H,3-4,9-10,15-16,21-22,27-28,33-34,38,42-43,45,47-49,51,53-76,80H2,1-2H3,(H,83,84)/b7-5-,8-6-,13-11-,14-12-,19-17-,20-18-,25-23-,26-24-,31-29-,32-30-,37-35-,39-36-,41-40-,46-44-,52-50-. The molecule has 502 valence electrons. The van der Waals surface area contributed by atoms with Crippen molar-refractivity contribution in [1.29, 1.82) is 0 Å². The SMILES string of the molecule is CC/C=C\C/C=C\C/C=C\C/C=C\C/C=C\C/C=C\C/C=C\C/C=C\CCCCCCCCCCC(=O)OC(COC(=O)CCCCCCCCCCCCCCC/C=C\C/C=C\C/C=C\C/C=C\C/C=C\C/C=C\C/C=C\CC)COP(=O)(O)OCCN. The van der Waals surface area contributed by atoms with E-state index in [1.807, 2.05) is 0 Å². The van der Waals surface area contributed by atoms with Crippen LogP contribution in [0.15, 0.2) is 182 Å². The van der Waals surface area contributed by atoms with Gasteiger partial charge in [0.05, 0.1) is 13.2 Å². The van der Waals surface area contributed by atoms with Gasteiger partial charge in [-0.1, -0.05) is 305 Å². The summed E-state index contributed by atoms with van der Waals surface area (Å²) in [5.41, 5.74) is 5.40. The smallest absolute Gasteiger partial charge is 0.462 e. The van der Waals surface area contributed by atoms with E-state index in [0.29, 0.717) is 6.42 Å². The molecule has 2 unspecified atom stereocenters. The van der Waals surface area contributed by atoms with Crippen LogP contribution in [0, 0.1) is 0 Å². The van der Waals surface area contributed by atoms with Gasteiger partial charge in [0.15, 0.2) is 6.10 Å². The Kier molecular flexibility index (Phi) is 68.2. The highest BCUT2D eigenvalue weighted by Crippen LogP contribution is 2.43. The Morgan fingerprint density at radius 3 is 0.865 bits per heavy atom. The molecule has 0 amide bonds. The van der Waals surface area contributed by atoms with Gasteiger partial charge in [-0.15, -0.1) is 0 Å². The second kappa shape index (κ2) is 72.2. The Bertz CT molecular complexity index is 2110. The van der Waals surface area contributed by atoms with E-state index in [0.717, 1.165) is 148 Å². The molecule has 0 spiro atoms. The van der Waals surface area contributed by atoms with Crippen LogP contribution < -0.4 is 5.73 Å². The van der Waals surface area contributed by atoms with E-state index in [2.05, 4.69) is 196 Å². The lowest BCUT2D eigenvalue weighted by molar-refractivity contribution is -0.161. The van der Waals surface area contributed by atoms with E-state index in [4.69, 9.17) is 24.3 Å². The summed E-state index contributed by atoms with van der Waals surface area (Å²) in [6.07, 6.45) is 108. The molecule has 2 atom stereocenters. The Labute approximate surface area is 545 Å². The lowest BCUT2D eigenvalue weighted by Gasteiger charge is -2.19. The number of allylic oxidation sites excluding steroid dienone is 30. The minimum Gasteiger partial charge on any atom is -0.462 e. The van der Waals surface area contributed by atoms with Crippen LogP contribution in [0.2, 0.25) is 0 Å². The predicted molar refractivity (Wildman–Crippen MR) is 385 cm³/mol. The van der Waals surface area contributed by atoms with E-state index in [9.17, 15) is 19.0 Å². The number of ether oxygens (including phenoxy) is 2. The Morgan fingerprint density at radius 2 is 0.584 bits per heavy atom. The molecule has 0 aromatic rings. The zero-order valence-electron chi connectivity index (χ0n) is 56.3. The zero-order valence-corrected chi connectivity index (χ0v) is 57.2. The van der Waals surface area contributed by atoms with Crippen LogP contribution in [-0.4, -0.2) is 49.3 Å². The molecular formula is C79H128NO8P. The number of unbranched alkanes of at least 4 members (excludes halogenated alkanes) is 21. The average Bonchev–Trinajstić information content (AvgIpc) is 3.58. The minimum absolute atomic E-state index is 0.0431. The zero-order chi connectivity index (χ0) is 64.4. The first kappa shape index (κ1) is 84.1. The molecule has 0 rings (SSSR count). The number of phosphoric ester groups is 1. The molecule has 0 aliphatic heterocycles. The molecule has 0 aromatic heterocycles. The van der Waals surface area contributed by atoms with E-state index in [-0.39, 0.29) is 38.6 Å². The van der Waals surface area contributed by atoms with Crippen LogP contribution in [0.5, 0.6) is 0 Å². The summed E-state index contributed by atoms with van der Waals surface area (Å²) in [5.74, 6) is -0.847. The third kappa shape index (κ3) is 72.1. The molecule has 10 heteroatoms. The van der Waals surface area contributed by atoms with E-state index >= 15 is 0 Å². The molecule has 0 aliphatic carbocycles. The summed E-state index contributed by atoms with van der Waals surface area (Å²) in [4.78, 5) is 35.4. The van der Waals surface area contributed by atoms with Gasteiger partial charge in [-0.2, -0.15) is 0 Å². The maximum Gasteiger partial charge on any atom is 0.472 e. The van der Waals surface area contributed by atoms with Gasteiger partial charge in [-0.3, -0.25) is 18.6 Å². The van der Waals surface area contributed by atoms with Crippen molar-refractivity contribution in [2.24, 2.45) is 5.73 Å². The van der Waals surface area contributed by atoms with Gasteiger partial charge in [-0.25, -0.2) is 4.57 Å². The Morgan fingerprint density at radius 1 is 0.337 bits per heavy atom. The highest BCUT2D eigenvalue weighted by molar-refractivity contribution is 7.47. The molecule has 0 saturated carbocycles. The predicted octanol–water partition coefficient (Wildman–Crippen LogP) is 23.5. The van der Waals surface area contributed by atoms with Crippen LogP contribution in [0.4, 0.5) is 0 Å². The quantitative estimate of drug-likeness (QED) is 0.0264. The topological polar surface area (TPSA) is 134 Å². The van der Waals surface area contributed by atoms with Gasteiger partial charge in [0.2, 0.25) is 0 Å². The summed E-state index contributed by atoms with van der Waals surface area (Å²) in [6, 6.07) is 0. The first-order chi connectivity index (χ1) is 43.8. The third-order valence-corrected chi connectivity index (χ3v) is 15.3. The molecule has 9 nitrogen and oxygen atoms in total. The first-order valence-electron chi connectivity index (χ1n) is 35.3. The molecule has 0 heterocycles. The van der Waals surface area contributed by atoms with Crippen molar-refractivity contribution < 1.29 is 37.6 Å². The summed E-state index contributed by atoms with van der Waals surface area (Å²) in [6.45, 7) is 3.50. The van der Waals surface area contributed by atoms with E-state index in [1.165, 1.54) is 89.9 Å². The monoisotopic (exact) mass is 1250 g/mol. The highest BCUT2D eigenvalue weighted by atomic mass is 31.2. The van der Waals surface area contributed by atoms with Gasteiger partial charge in [0.25, 0.3) is 0 Å². The second-order valence-electron chi connectivity index (χ2n) is 22.6. The van der Waals surface area contributed by atoms with Crippen LogP contribution in [0.25, 0.3) is 0 Å². The van der Waals surface area contributed by atoms with Gasteiger partial charge in [-0.05, 0) is 135 Å². The molecule has 0 aromatic carbocycles. The van der Waals surface area contributed by atoms with Crippen molar-refractivity contribution in [3.05, 3.63) is 182 Å². The van der Waals surface area contributed by atoms with E-state index in [1.54, 1.807) is 0 Å². The Hall–Kier alpha value is -4.89. The number of carbonyl (C=O) groups is 2. The summed E-state index contributed by atoms with van der Waals surface area (Å²) in [5, 5.41) is 0. The number of nitrogens with two attached hydrogens (primary N) is 1. The van der Waals surface area contributed by atoms with Crippen LogP contribution in [-0.2, 0) is 32.7 Å². The lowest BCUT2D eigenvalue weighted by Crippen LogP contribution is -2.29. The fourth-order valence-corrected chi connectivity index (χ4v) is 9.93. The van der Waals surface area contributed by atoms with Crippen molar-refractivity contribution in [1.82, 2.24) is 0 Å². The molecule has 0 saturated heterocycles. The normalized spacial score (nSPS) is 14.1. The number of hydrogen-bond acceptors (Lipinski definition) is 8. The number of carbonyl (C=O) groups excluding carboxylic acids is 2. The summed E-state index contributed by atoms with van der Waals surface area (Å²) < 4.78 is 33.2. The Balaban J connectivity index is 3.97. The number of phosphoric acid groups is 1. The van der Waals surface area contributed by atoms with Crippen molar-refractivity contribution in [2.45, 2.75) is 277 Å². The largest absolute Gasteiger partial charge is 0.472 e. The molecule has 0 aliphatic rings. The van der Waals surface area contributed by atoms with Crippen LogP contribution in [0.1, 0.15) is 271 Å². The van der Waals surface area contributed by atoms with Gasteiger partial charge in [0, 0.05) is 19.4 Å². The number of hydrogen-bond donors (Lipinski definition) is 2. The number of esters is 2. The molecule has 3 N–H and O–H groups in total. The molecule has 89 heavy (non-hydrogen) atoms. The molecule has 0 fully saturated rings. The van der Waals surface area contributed by atoms with E-state index < -0.39 is 26.5 Å². The molecular weight excluding hydrogens is 1120 g/mol. The summed E-state index contributed by atoms with van der Waals surface area (Å²) >= 11 is 0. The highest BCUT2D eigenvalue weighted by Gasteiger charge is 2.26. The third-order valence-electron chi connectivity index (χ3n) is 14.3. The minimum atomic E-state index is -4.41. The lowest BCUT2D eigenvalue weighted by atomic mass is 10.0. The van der Waals surface area contributed by atoms with Gasteiger partial charge >= 0.3 is 19.8 Å². The molecule has 0 bridgehead atoms. The molecule has 0 radical (unpaired) electrons. The first-order valence-corrected chi connectivity index (χ1v) is 36.8. The maximum atomic E-state index is 12.8. The fourth-order valence-electron chi connectivity index (χ4n) is 9.16. The maximum absolute atomic E-state index is 12.8. The van der Waals surface area contributed by atoms with Crippen molar-refractivity contribution in [3.8, 4) is 0 Å². The van der Waals surface area contributed by atoms with Crippen molar-refractivity contribution in [3.63, 3.8) is 0 Å². The average molecular weight is 1250 g/mol. The van der Waals surface area contributed by atoms with Crippen LogP contribution in [0.3, 0.4) is 0 Å². The van der Waals surface area contributed by atoms with Crippen molar-refractivity contribution >= 4 is 19.8 Å². The van der Waals surface area contributed by atoms with Crippen molar-refractivity contribution in [2.75, 3.05) is 26.4 Å². The van der Waals surface area contributed by atoms with Gasteiger partial charge < -0.3 is 20.1 Å². The number of rotatable bonds is 64.